The summed E-state index contributed by atoms with van der Waals surface area (Å²) in [4.78, 5) is 13.6. The van der Waals surface area contributed by atoms with Crippen molar-refractivity contribution in [1.82, 2.24) is 0 Å². The Morgan fingerprint density at radius 1 is 0.821 bits per heavy atom. The summed E-state index contributed by atoms with van der Waals surface area (Å²) >= 11 is 3.86. The van der Waals surface area contributed by atoms with Crippen LogP contribution in [-0.4, -0.2) is 23.5 Å². The van der Waals surface area contributed by atoms with Crippen LogP contribution < -0.4 is 5.73 Å². The van der Waals surface area contributed by atoms with Crippen LogP contribution in [0, 0.1) is 0 Å². The van der Waals surface area contributed by atoms with Gasteiger partial charge in [-0.05, 0) is 75.5 Å². The van der Waals surface area contributed by atoms with Crippen LogP contribution in [0.5, 0.6) is 0 Å². The zero-order valence-electron chi connectivity index (χ0n) is 21.6. The first-order valence-corrected chi connectivity index (χ1v) is 14.8. The fourth-order valence-corrected chi connectivity index (χ4v) is 8.30. The molecule has 0 aromatic heterocycles. The van der Waals surface area contributed by atoms with E-state index in [2.05, 4.69) is 115 Å². The van der Waals surface area contributed by atoms with Crippen LogP contribution >= 0.6 is 23.5 Å². The van der Waals surface area contributed by atoms with Gasteiger partial charge in [0.05, 0.1) is 17.6 Å². The fourth-order valence-electron chi connectivity index (χ4n) is 5.62. The number of thioether (sulfide) groups is 2. The highest BCUT2D eigenvalue weighted by molar-refractivity contribution is 8.09. The molecule has 1 aliphatic heterocycles. The van der Waals surface area contributed by atoms with Gasteiger partial charge in [0.25, 0.3) is 0 Å². The first-order valence-electron chi connectivity index (χ1n) is 13.1. The molecule has 1 heterocycles. The van der Waals surface area contributed by atoms with Gasteiger partial charge in [-0.2, -0.15) is 0 Å². The van der Waals surface area contributed by atoms with Gasteiger partial charge >= 0.3 is 0 Å². The molecule has 39 heavy (non-hydrogen) atoms. The number of allylic oxidation sites excluding steroid dienone is 1. The Bertz CT molecular complexity index is 1860. The molecule has 1 atom stereocenters. The van der Waals surface area contributed by atoms with E-state index < -0.39 is 0 Å². The van der Waals surface area contributed by atoms with Crippen LogP contribution in [-0.2, 0) is 0 Å². The Hall–Kier alpha value is -3.80. The zero-order chi connectivity index (χ0) is 26.4. The summed E-state index contributed by atoms with van der Waals surface area (Å²) in [5, 5.41) is 7.44. The van der Waals surface area contributed by atoms with Crippen LogP contribution in [0.2, 0.25) is 0 Å². The van der Waals surface area contributed by atoms with Gasteiger partial charge in [0, 0.05) is 20.3 Å². The molecule has 3 nitrogen and oxygen atoms in total. The zero-order valence-corrected chi connectivity index (χ0v) is 23.2. The first-order chi connectivity index (χ1) is 19.1. The molecule has 5 aromatic carbocycles. The number of hydrogen-bond donors (Lipinski definition) is 1. The summed E-state index contributed by atoms with van der Waals surface area (Å²) in [5.74, 6) is 0.653. The van der Waals surface area contributed by atoms with E-state index >= 15 is 0 Å². The van der Waals surface area contributed by atoms with Crippen molar-refractivity contribution in [3.05, 3.63) is 119 Å². The van der Waals surface area contributed by atoms with Crippen LogP contribution in [0.25, 0.3) is 32.3 Å². The Morgan fingerprint density at radius 3 is 2.13 bits per heavy atom. The fraction of sp³-hybridized carbons (Fsp3) is 0.118. The molecule has 0 bridgehead atoms. The van der Waals surface area contributed by atoms with Crippen LogP contribution in [0.15, 0.2) is 133 Å². The van der Waals surface area contributed by atoms with Crippen molar-refractivity contribution in [2.45, 2.75) is 27.9 Å². The number of nitrogens with two attached hydrogens (primary N) is 1. The number of rotatable bonds is 3. The van der Waals surface area contributed by atoms with Crippen molar-refractivity contribution >= 4 is 68.0 Å². The molecule has 1 unspecified atom stereocenters. The largest absolute Gasteiger partial charge is 0.390 e. The van der Waals surface area contributed by atoms with Crippen molar-refractivity contribution in [2.24, 2.45) is 15.7 Å². The molecule has 0 saturated carbocycles. The number of benzene rings is 5. The van der Waals surface area contributed by atoms with Gasteiger partial charge in [-0.15, -0.1) is 11.8 Å². The summed E-state index contributed by atoms with van der Waals surface area (Å²) in [6, 6.07) is 32.4. The highest BCUT2D eigenvalue weighted by atomic mass is 32.2. The number of aliphatic imine (C=N–C) groups is 2. The van der Waals surface area contributed by atoms with Crippen molar-refractivity contribution < 1.29 is 0 Å². The predicted molar refractivity (Wildman–Crippen MR) is 170 cm³/mol. The smallest absolute Gasteiger partial charge is 0.156 e. The lowest BCUT2D eigenvalue weighted by Crippen LogP contribution is -2.26. The third-order valence-electron chi connectivity index (χ3n) is 7.61. The van der Waals surface area contributed by atoms with Gasteiger partial charge in [0.15, 0.2) is 5.84 Å². The van der Waals surface area contributed by atoms with Crippen LogP contribution in [0.1, 0.15) is 18.9 Å². The maximum Gasteiger partial charge on any atom is 0.156 e. The van der Waals surface area contributed by atoms with Gasteiger partial charge in [-0.25, -0.2) is 4.99 Å². The molecule has 0 saturated heterocycles. The molecule has 2 N–H and O–H groups in total. The SMILES string of the molecule is CC12CC=C(CN=C(N=CN)c3ccc4c5ccccc5c5ccccc5c4c3)C=C1Sc1ccccc1S2. The topological polar surface area (TPSA) is 50.7 Å². The van der Waals surface area contributed by atoms with E-state index in [-0.39, 0.29) is 4.75 Å². The second kappa shape index (κ2) is 9.74. The van der Waals surface area contributed by atoms with E-state index in [1.165, 1.54) is 58.9 Å². The molecule has 1 aliphatic carbocycles. The van der Waals surface area contributed by atoms with Gasteiger partial charge in [-0.1, -0.05) is 90.6 Å². The summed E-state index contributed by atoms with van der Waals surface area (Å²) in [6.45, 7) is 2.91. The van der Waals surface area contributed by atoms with E-state index in [1.54, 1.807) is 0 Å². The van der Waals surface area contributed by atoms with Crippen molar-refractivity contribution in [3.63, 3.8) is 0 Å². The Labute approximate surface area is 236 Å². The van der Waals surface area contributed by atoms with Crippen LogP contribution in [0.3, 0.4) is 0 Å². The van der Waals surface area contributed by atoms with Gasteiger partial charge in [0.2, 0.25) is 0 Å². The van der Waals surface area contributed by atoms with Gasteiger partial charge in [0.1, 0.15) is 0 Å². The second-order valence-corrected chi connectivity index (χ2v) is 12.8. The number of amidine groups is 1. The van der Waals surface area contributed by atoms with Gasteiger partial charge < -0.3 is 5.73 Å². The number of hydrogen-bond acceptors (Lipinski definition) is 3. The second-order valence-electron chi connectivity index (χ2n) is 10.1. The molecule has 190 valence electrons. The first kappa shape index (κ1) is 24.3. The molecule has 0 radical (unpaired) electrons. The average molecular weight is 542 g/mol. The van der Waals surface area contributed by atoms with E-state index in [9.17, 15) is 0 Å². The highest BCUT2D eigenvalue weighted by Crippen LogP contribution is 2.56. The maximum absolute atomic E-state index is 5.80. The molecular weight excluding hydrogens is 515 g/mol. The molecule has 0 amide bonds. The minimum Gasteiger partial charge on any atom is -0.390 e. The molecule has 0 spiro atoms. The minimum absolute atomic E-state index is 0.0760. The molecule has 0 fully saturated rings. The molecule has 7 rings (SSSR count). The third-order valence-corrected chi connectivity index (χ3v) is 10.6. The maximum atomic E-state index is 5.80. The lowest BCUT2D eigenvalue weighted by molar-refractivity contribution is 0.768. The quantitative estimate of drug-likeness (QED) is 0.141. The lowest BCUT2D eigenvalue weighted by atomic mass is 9.93. The molecule has 5 aromatic rings. The summed E-state index contributed by atoms with van der Waals surface area (Å²) in [6.07, 6.45) is 6.99. The number of nitrogens with zero attached hydrogens (tertiary/aromatic N) is 2. The average Bonchev–Trinajstić information content (AvgIpc) is 2.98. The van der Waals surface area contributed by atoms with Crippen molar-refractivity contribution in [1.29, 1.82) is 0 Å². The van der Waals surface area contributed by atoms with Gasteiger partial charge in [-0.3, -0.25) is 4.99 Å². The standard InChI is InChI=1S/C34H27N3S2/c1-34-17-16-22(18-32(34)38-30-12-6-7-13-31(30)39-34)20-36-33(37-21-35)23-14-15-28-26-10-3-2-8-24(26)25-9-4-5-11-27(25)29(28)19-23/h2-16,18-19,21H,17,20H2,1H3,(H2,35,36,37). The monoisotopic (exact) mass is 541 g/mol. The van der Waals surface area contributed by atoms with Crippen LogP contribution in [0.4, 0.5) is 0 Å². The van der Waals surface area contributed by atoms with E-state index in [4.69, 9.17) is 10.7 Å². The third kappa shape index (κ3) is 4.26. The van der Waals surface area contributed by atoms with E-state index in [1.807, 2.05) is 23.5 Å². The normalized spacial score (nSPS) is 19.3. The van der Waals surface area contributed by atoms with Crippen molar-refractivity contribution in [2.75, 3.05) is 6.54 Å². The molecular formula is C34H27N3S2. The Balaban J connectivity index is 1.26. The molecule has 5 heteroatoms. The van der Waals surface area contributed by atoms with Crippen molar-refractivity contribution in [3.8, 4) is 0 Å². The predicted octanol–water partition coefficient (Wildman–Crippen LogP) is 8.75. The summed E-state index contributed by atoms with van der Waals surface area (Å²) in [7, 11) is 0. The summed E-state index contributed by atoms with van der Waals surface area (Å²) < 4.78 is 0.0760. The minimum atomic E-state index is 0.0760. The van der Waals surface area contributed by atoms with E-state index in [0.29, 0.717) is 12.4 Å². The van der Waals surface area contributed by atoms with E-state index in [0.717, 1.165) is 12.0 Å². The Morgan fingerprint density at radius 2 is 1.44 bits per heavy atom. The lowest BCUT2D eigenvalue weighted by Gasteiger charge is -2.37. The highest BCUT2D eigenvalue weighted by Gasteiger charge is 2.37. The Kier molecular flexibility index (Phi) is 6.06. The summed E-state index contributed by atoms with van der Waals surface area (Å²) in [5.41, 5.74) is 7.98. The number of fused-ring (bicyclic) bond motifs is 8. The molecule has 2 aliphatic rings.